The van der Waals surface area contributed by atoms with Gasteiger partial charge in [-0.05, 0) is 31.4 Å². The van der Waals surface area contributed by atoms with E-state index in [0.29, 0.717) is 5.56 Å². The van der Waals surface area contributed by atoms with Crippen LogP contribution in [0.15, 0.2) is 29.2 Å². The van der Waals surface area contributed by atoms with Gasteiger partial charge in [-0.2, -0.15) is 0 Å². The van der Waals surface area contributed by atoms with Crippen molar-refractivity contribution >= 4 is 21.8 Å². The number of amides is 2. The number of rotatable bonds is 6. The summed E-state index contributed by atoms with van der Waals surface area (Å²) >= 11 is 0. The molecule has 1 aromatic carbocycles. The minimum atomic E-state index is -4.03. The Balaban J connectivity index is 3.18. The van der Waals surface area contributed by atoms with E-state index in [-0.39, 0.29) is 17.7 Å². The summed E-state index contributed by atoms with van der Waals surface area (Å²) in [5.74, 6) is -1.71. The Morgan fingerprint density at radius 2 is 1.71 bits per heavy atom. The minimum Gasteiger partial charge on any atom is -0.369 e. The molecule has 0 fully saturated rings. The molecule has 3 N–H and O–H groups in total. The van der Waals surface area contributed by atoms with Crippen molar-refractivity contribution in [3.8, 4) is 0 Å². The molecule has 1 aromatic rings. The molecule has 0 unspecified atom stereocenters. The molecule has 0 aliphatic heterocycles. The van der Waals surface area contributed by atoms with Crippen LogP contribution in [0.3, 0.4) is 0 Å². The molecule has 6 nitrogen and oxygen atoms in total. The molecule has 0 aromatic heterocycles. The summed E-state index contributed by atoms with van der Waals surface area (Å²) in [6, 6.07) is 6.28. The fourth-order valence-corrected chi connectivity index (χ4v) is 3.46. The molecule has 7 heteroatoms. The van der Waals surface area contributed by atoms with Gasteiger partial charge in [-0.3, -0.25) is 9.59 Å². The Morgan fingerprint density at radius 3 is 2.14 bits per heavy atom. The van der Waals surface area contributed by atoms with E-state index in [4.69, 9.17) is 5.73 Å². The highest BCUT2D eigenvalue weighted by Gasteiger charge is 2.42. The fourth-order valence-electron chi connectivity index (χ4n) is 2.16. The zero-order valence-electron chi connectivity index (χ0n) is 12.3. The smallest absolute Gasteiger partial charge is 0.264 e. The Labute approximate surface area is 124 Å². The molecule has 0 bridgehead atoms. The van der Waals surface area contributed by atoms with Gasteiger partial charge < -0.3 is 5.73 Å². The van der Waals surface area contributed by atoms with Crippen LogP contribution in [0, 0.1) is 12.3 Å². The first-order chi connectivity index (χ1) is 9.71. The molecule has 0 aliphatic rings. The summed E-state index contributed by atoms with van der Waals surface area (Å²) in [5, 5.41) is 0. The zero-order chi connectivity index (χ0) is 16.3. The third kappa shape index (κ3) is 3.24. The fraction of sp³-hybridized carbons (Fsp3) is 0.429. The number of sulfonamides is 1. The van der Waals surface area contributed by atoms with E-state index in [0.717, 1.165) is 0 Å². The Morgan fingerprint density at radius 1 is 1.19 bits per heavy atom. The second-order valence-electron chi connectivity index (χ2n) is 4.85. The molecule has 0 saturated carbocycles. The average Bonchev–Trinajstić information content (AvgIpc) is 2.40. The molecule has 0 aliphatic carbocycles. The van der Waals surface area contributed by atoms with Crippen LogP contribution in [-0.2, 0) is 19.6 Å². The Bertz CT molecular complexity index is 649. The number of carbonyl (C=O) groups is 2. The molecule has 0 spiro atoms. The van der Waals surface area contributed by atoms with Gasteiger partial charge >= 0.3 is 0 Å². The quantitative estimate of drug-likeness (QED) is 0.767. The number of hydrogen-bond acceptors (Lipinski definition) is 4. The van der Waals surface area contributed by atoms with Gasteiger partial charge in [0.15, 0.2) is 0 Å². The molecule has 21 heavy (non-hydrogen) atoms. The number of aryl methyl sites for hydroxylation is 1. The van der Waals surface area contributed by atoms with Gasteiger partial charge in [0.1, 0.15) is 5.41 Å². The number of benzene rings is 1. The molecule has 0 atom stereocenters. The maximum Gasteiger partial charge on any atom is 0.264 e. The first-order valence-electron chi connectivity index (χ1n) is 6.64. The highest BCUT2D eigenvalue weighted by Crippen LogP contribution is 2.27. The van der Waals surface area contributed by atoms with E-state index >= 15 is 0 Å². The van der Waals surface area contributed by atoms with Crippen molar-refractivity contribution in [1.82, 2.24) is 4.72 Å². The van der Waals surface area contributed by atoms with Crippen LogP contribution in [0.1, 0.15) is 32.3 Å². The first kappa shape index (κ1) is 17.2. The van der Waals surface area contributed by atoms with Gasteiger partial charge in [0.05, 0.1) is 4.90 Å². The summed E-state index contributed by atoms with van der Waals surface area (Å²) in [4.78, 5) is 23.9. The average molecular weight is 312 g/mol. The Hall–Kier alpha value is -1.89. The molecule has 0 saturated heterocycles. The van der Waals surface area contributed by atoms with Crippen LogP contribution in [-0.4, -0.2) is 20.2 Å². The lowest BCUT2D eigenvalue weighted by Gasteiger charge is -2.26. The van der Waals surface area contributed by atoms with Crippen LogP contribution in [0.4, 0.5) is 0 Å². The summed E-state index contributed by atoms with van der Waals surface area (Å²) in [7, 11) is -4.03. The van der Waals surface area contributed by atoms with Crippen LogP contribution in [0.5, 0.6) is 0 Å². The number of primary amides is 1. The highest BCUT2D eigenvalue weighted by atomic mass is 32.2. The van der Waals surface area contributed by atoms with Crippen LogP contribution in [0.25, 0.3) is 0 Å². The van der Waals surface area contributed by atoms with Crippen molar-refractivity contribution in [3.05, 3.63) is 29.8 Å². The summed E-state index contributed by atoms with van der Waals surface area (Å²) in [5.41, 5.74) is 4.28. The molecule has 116 valence electrons. The van der Waals surface area contributed by atoms with Crippen molar-refractivity contribution < 1.29 is 18.0 Å². The number of nitrogens with one attached hydrogen (secondary N) is 1. The van der Waals surface area contributed by atoms with Crippen LogP contribution in [0.2, 0.25) is 0 Å². The first-order valence-corrected chi connectivity index (χ1v) is 8.12. The van der Waals surface area contributed by atoms with Gasteiger partial charge in [0.2, 0.25) is 11.8 Å². The molecule has 1 rings (SSSR count). The monoisotopic (exact) mass is 312 g/mol. The number of nitrogens with two attached hydrogens (primary N) is 1. The summed E-state index contributed by atoms with van der Waals surface area (Å²) in [6.45, 7) is 4.86. The lowest BCUT2D eigenvalue weighted by molar-refractivity contribution is -0.141. The second kappa shape index (κ2) is 6.26. The summed E-state index contributed by atoms with van der Waals surface area (Å²) < 4.78 is 26.5. The van der Waals surface area contributed by atoms with Crippen molar-refractivity contribution in [1.29, 1.82) is 0 Å². The second-order valence-corrected chi connectivity index (χ2v) is 6.50. The van der Waals surface area contributed by atoms with E-state index in [1.54, 1.807) is 39.0 Å². The molecule has 2 amide bonds. The predicted molar refractivity (Wildman–Crippen MR) is 78.7 cm³/mol. The topological polar surface area (TPSA) is 106 Å². The van der Waals surface area contributed by atoms with Gasteiger partial charge in [-0.15, -0.1) is 0 Å². The van der Waals surface area contributed by atoms with E-state index in [2.05, 4.69) is 0 Å². The molecular formula is C14H20N2O4S. The van der Waals surface area contributed by atoms with Gasteiger partial charge in [0, 0.05) is 0 Å². The minimum absolute atomic E-state index is 0.00364. The van der Waals surface area contributed by atoms with Crippen molar-refractivity contribution in [2.75, 3.05) is 0 Å². The molecule has 0 radical (unpaired) electrons. The summed E-state index contributed by atoms with van der Waals surface area (Å²) in [6.07, 6.45) is 0.266. The van der Waals surface area contributed by atoms with Gasteiger partial charge in [-0.25, -0.2) is 13.1 Å². The zero-order valence-corrected chi connectivity index (χ0v) is 13.2. The van der Waals surface area contributed by atoms with Crippen molar-refractivity contribution in [2.45, 2.75) is 38.5 Å². The van der Waals surface area contributed by atoms with Gasteiger partial charge in [-0.1, -0.05) is 32.0 Å². The lowest BCUT2D eigenvalue weighted by atomic mass is 9.81. The highest BCUT2D eigenvalue weighted by molar-refractivity contribution is 7.90. The van der Waals surface area contributed by atoms with E-state index in [9.17, 15) is 18.0 Å². The number of carbonyl (C=O) groups excluding carboxylic acids is 2. The predicted octanol–water partition coefficient (Wildman–Crippen LogP) is 1.09. The largest absolute Gasteiger partial charge is 0.369 e. The van der Waals surface area contributed by atoms with Crippen molar-refractivity contribution in [3.63, 3.8) is 0 Å². The van der Waals surface area contributed by atoms with Crippen LogP contribution < -0.4 is 10.5 Å². The maximum atomic E-state index is 12.3. The third-order valence-corrected chi connectivity index (χ3v) is 5.21. The molecular weight excluding hydrogens is 292 g/mol. The lowest BCUT2D eigenvalue weighted by Crippen LogP contribution is -2.50. The molecule has 0 heterocycles. The SMILES string of the molecule is CCC(CC)(C(N)=O)C(=O)NS(=O)(=O)c1ccccc1C. The van der Waals surface area contributed by atoms with E-state index in [1.807, 2.05) is 4.72 Å². The standard InChI is InChI=1S/C14H20N2O4S/c1-4-14(5-2,12(15)17)13(18)16-21(19,20)11-9-7-6-8-10(11)3/h6-9H,4-5H2,1-3H3,(H2,15,17)(H,16,18). The maximum absolute atomic E-state index is 12.3. The number of hydrogen-bond donors (Lipinski definition) is 2. The third-order valence-electron chi connectivity index (χ3n) is 3.72. The van der Waals surface area contributed by atoms with Crippen molar-refractivity contribution in [2.24, 2.45) is 11.1 Å². The van der Waals surface area contributed by atoms with E-state index in [1.165, 1.54) is 6.07 Å². The Kier molecular flexibility index (Phi) is 5.11. The normalized spacial score (nSPS) is 12.0. The van der Waals surface area contributed by atoms with Crippen LogP contribution >= 0.6 is 0 Å². The van der Waals surface area contributed by atoms with E-state index < -0.39 is 27.3 Å². The van der Waals surface area contributed by atoms with Gasteiger partial charge in [0.25, 0.3) is 10.0 Å².